The van der Waals surface area contributed by atoms with E-state index in [1.165, 1.54) is 0 Å². The number of hydrogen-bond donors (Lipinski definition) is 0. The molecule has 0 aliphatic heterocycles. The zero-order chi connectivity index (χ0) is 4.50. The molecule has 0 fully saturated rings. The van der Waals surface area contributed by atoms with Crippen LogP contribution in [0.2, 0.25) is 0 Å². The summed E-state index contributed by atoms with van der Waals surface area (Å²) in [5, 5.41) is 0. The van der Waals surface area contributed by atoms with Crippen LogP contribution in [0.3, 0.4) is 0 Å². The minimum atomic E-state index is -5.17. The molecule has 0 heterocycles. The zero-order valence-corrected chi connectivity index (χ0v) is 7.58. The normalized spacial score (nSPS) is 8.29. The predicted octanol–water partition coefficient (Wildman–Crippen LogP) is -2.63. The summed E-state index contributed by atoms with van der Waals surface area (Å²) in [5.41, 5.74) is 0. The molecule has 0 atom stereocenters. The molecule has 7 heavy (non-hydrogen) atoms. The molecule has 0 unspecified atom stereocenters. The van der Waals surface area contributed by atoms with Crippen molar-refractivity contribution in [3.63, 3.8) is 0 Å². The summed E-state index contributed by atoms with van der Waals surface area (Å²) in [4.78, 5) is 0. The van der Waals surface area contributed by atoms with Crippen molar-refractivity contribution in [1.29, 1.82) is 0 Å². The molecule has 0 aliphatic rings. The second kappa shape index (κ2) is 5.30. The predicted molar refractivity (Wildman–Crippen MR) is 24.8 cm³/mol. The Hall–Kier alpha value is 1.16. The first-order chi connectivity index (χ1) is 2.00. The molecular formula is H2MgO4SSe. The van der Waals surface area contributed by atoms with Gasteiger partial charge >= 0.3 is 40.1 Å². The van der Waals surface area contributed by atoms with E-state index in [2.05, 4.69) is 0 Å². The van der Waals surface area contributed by atoms with Gasteiger partial charge in [-0.15, -0.1) is 0 Å². The fourth-order valence-corrected chi connectivity index (χ4v) is 0. The van der Waals surface area contributed by atoms with Crippen LogP contribution >= 0.6 is 0 Å². The summed E-state index contributed by atoms with van der Waals surface area (Å²) in [6, 6.07) is 0. The van der Waals surface area contributed by atoms with Crippen molar-refractivity contribution >= 4 is 50.5 Å². The zero-order valence-electron chi connectivity index (χ0n) is 3.25. The molecule has 0 aromatic heterocycles. The molecular weight excluding hydrogens is 199 g/mol. The molecule has 0 aromatic rings. The van der Waals surface area contributed by atoms with Gasteiger partial charge in [-0.1, -0.05) is 0 Å². The first-order valence-corrected chi connectivity index (χ1v) is 2.00. The quantitative estimate of drug-likeness (QED) is 0.244. The van der Waals surface area contributed by atoms with Crippen molar-refractivity contribution < 1.29 is 17.5 Å². The van der Waals surface area contributed by atoms with Gasteiger partial charge in [-0.05, 0) is 0 Å². The van der Waals surface area contributed by atoms with E-state index in [0.29, 0.717) is 0 Å². The van der Waals surface area contributed by atoms with E-state index in [-0.39, 0.29) is 40.1 Å². The van der Waals surface area contributed by atoms with E-state index in [0.717, 1.165) is 0 Å². The Kier molecular flexibility index (Phi) is 11.9. The van der Waals surface area contributed by atoms with Gasteiger partial charge in [0.2, 0.25) is 0 Å². The van der Waals surface area contributed by atoms with Crippen LogP contribution in [0.15, 0.2) is 0 Å². The first-order valence-electron chi connectivity index (χ1n) is 0.667. The van der Waals surface area contributed by atoms with Crippen LogP contribution in [0.4, 0.5) is 0 Å². The second-order valence-corrected chi connectivity index (χ2v) is 1.22. The summed E-state index contributed by atoms with van der Waals surface area (Å²) in [5.74, 6) is 0. The molecule has 0 aliphatic carbocycles. The van der Waals surface area contributed by atoms with Gasteiger partial charge in [0.1, 0.15) is 0 Å². The van der Waals surface area contributed by atoms with Crippen molar-refractivity contribution in [3.8, 4) is 0 Å². The van der Waals surface area contributed by atoms with E-state index in [9.17, 15) is 0 Å². The van der Waals surface area contributed by atoms with Gasteiger partial charge in [-0.3, -0.25) is 8.42 Å². The third-order valence-electron chi connectivity index (χ3n) is 0. The summed E-state index contributed by atoms with van der Waals surface area (Å²) < 4.78 is 34.1. The van der Waals surface area contributed by atoms with Crippen molar-refractivity contribution in [2.24, 2.45) is 0 Å². The second-order valence-electron chi connectivity index (χ2n) is 0.408. The van der Waals surface area contributed by atoms with E-state index in [1.54, 1.807) is 0 Å². The Morgan fingerprint density at radius 2 is 1.14 bits per heavy atom. The van der Waals surface area contributed by atoms with Gasteiger partial charge < -0.3 is 9.11 Å². The molecule has 0 radical (unpaired) electrons. The fraction of sp³-hybridized carbons (Fsp3) is 0. The number of hydrogen-bond acceptors (Lipinski definition) is 4. The van der Waals surface area contributed by atoms with E-state index < -0.39 is 10.4 Å². The van der Waals surface area contributed by atoms with Crippen LogP contribution in [0.25, 0.3) is 0 Å². The molecule has 0 amide bonds. The van der Waals surface area contributed by atoms with Crippen LogP contribution < -0.4 is 0 Å². The van der Waals surface area contributed by atoms with Crippen LogP contribution in [0, 0.1) is 0 Å². The number of rotatable bonds is 0. The van der Waals surface area contributed by atoms with E-state index in [1.807, 2.05) is 0 Å². The van der Waals surface area contributed by atoms with Gasteiger partial charge in [-0.2, -0.15) is 0 Å². The Balaban J connectivity index is -0.0000000800. The minimum absolute atomic E-state index is 0. The average Bonchev–Trinajstić information content (AvgIpc) is 0.722. The SMILES string of the molecule is O=S(=O)([O-])[O-].[Mg+2].[SeH2]. The van der Waals surface area contributed by atoms with Crippen LogP contribution in [-0.2, 0) is 10.4 Å². The molecule has 0 bridgehead atoms. The monoisotopic (exact) mass is 202 g/mol. The maximum absolute atomic E-state index is 8.52. The van der Waals surface area contributed by atoms with Crippen LogP contribution in [0.1, 0.15) is 0 Å². The standard InChI is InChI=1S/Mg.H2O4S.H2Se/c;1-5(2,3)4;/h;(H2,1,2,3,4);1H2/q+2;;/p-2. The molecule has 0 spiro atoms. The molecule has 40 valence electrons. The van der Waals surface area contributed by atoms with Crippen LogP contribution in [-0.4, -0.2) is 57.6 Å². The van der Waals surface area contributed by atoms with Gasteiger partial charge in [0, 0.05) is 10.4 Å². The Morgan fingerprint density at radius 3 is 1.14 bits per heavy atom. The summed E-state index contributed by atoms with van der Waals surface area (Å²) in [7, 11) is -5.17. The van der Waals surface area contributed by atoms with E-state index in [4.69, 9.17) is 17.5 Å². The first kappa shape index (κ1) is 15.7. The molecule has 0 saturated carbocycles. The Morgan fingerprint density at radius 1 is 1.14 bits per heavy atom. The molecule has 4 nitrogen and oxygen atoms in total. The molecule has 0 N–H and O–H groups in total. The third-order valence-corrected chi connectivity index (χ3v) is 0. The maximum atomic E-state index is 8.52. The van der Waals surface area contributed by atoms with Gasteiger partial charge in [0.15, 0.2) is 0 Å². The van der Waals surface area contributed by atoms with Crippen LogP contribution in [0.5, 0.6) is 0 Å². The molecule has 0 rings (SSSR count). The van der Waals surface area contributed by atoms with Gasteiger partial charge in [-0.25, -0.2) is 0 Å². The topological polar surface area (TPSA) is 80.3 Å². The average molecular weight is 201 g/mol. The Labute approximate surface area is 67.9 Å². The Bertz CT molecular complexity index is 94.9. The summed E-state index contributed by atoms with van der Waals surface area (Å²) >= 11 is 0. The summed E-state index contributed by atoms with van der Waals surface area (Å²) in [6.45, 7) is 0. The molecule has 7 heteroatoms. The van der Waals surface area contributed by atoms with E-state index >= 15 is 0 Å². The van der Waals surface area contributed by atoms with Gasteiger partial charge in [0.25, 0.3) is 0 Å². The van der Waals surface area contributed by atoms with Crippen molar-refractivity contribution in [2.75, 3.05) is 0 Å². The van der Waals surface area contributed by atoms with Crippen molar-refractivity contribution in [1.82, 2.24) is 0 Å². The molecule has 0 saturated heterocycles. The fourth-order valence-electron chi connectivity index (χ4n) is 0. The third kappa shape index (κ3) is 142. The van der Waals surface area contributed by atoms with Gasteiger partial charge in [0.05, 0.1) is 0 Å². The summed E-state index contributed by atoms with van der Waals surface area (Å²) in [6.07, 6.45) is 0. The van der Waals surface area contributed by atoms with Crippen molar-refractivity contribution in [3.05, 3.63) is 0 Å². The van der Waals surface area contributed by atoms with Crippen molar-refractivity contribution in [2.45, 2.75) is 0 Å². The molecule has 0 aromatic carbocycles.